The van der Waals surface area contributed by atoms with E-state index < -0.39 is 4.92 Å². The van der Waals surface area contributed by atoms with Crippen LogP contribution in [-0.4, -0.2) is 12.0 Å². The van der Waals surface area contributed by atoms with Crippen LogP contribution in [0.2, 0.25) is 0 Å². The third kappa shape index (κ3) is 4.33. The van der Waals surface area contributed by atoms with E-state index in [0.29, 0.717) is 21.5 Å². The molecule has 0 amide bonds. The smallest absolute Gasteiger partial charge is 0.269 e. The van der Waals surface area contributed by atoms with Gasteiger partial charge in [-0.05, 0) is 45.3 Å². The van der Waals surface area contributed by atoms with Gasteiger partial charge in [-0.25, -0.2) is 0 Å². The molecule has 0 aliphatic carbocycles. The summed E-state index contributed by atoms with van der Waals surface area (Å²) in [5.74, 6) is 0.977. The first-order chi connectivity index (χ1) is 11.5. The summed E-state index contributed by atoms with van der Waals surface area (Å²) >= 11 is 3.41. The number of benzene rings is 2. The molecule has 0 atom stereocenters. The van der Waals surface area contributed by atoms with Gasteiger partial charge in [-0.15, -0.1) is 0 Å². The lowest BCUT2D eigenvalue weighted by molar-refractivity contribution is -0.384. The SMILES string of the molecule is COc1cc(/C=C/C#N)cc(Br)c1OCc1cccc([N+](=O)[O-])c1. The predicted octanol–water partition coefficient (Wildman–Crippen LogP) is 4.48. The van der Waals surface area contributed by atoms with Gasteiger partial charge in [0, 0.05) is 18.2 Å². The van der Waals surface area contributed by atoms with Gasteiger partial charge in [0.05, 0.1) is 22.6 Å². The summed E-state index contributed by atoms with van der Waals surface area (Å²) in [5, 5.41) is 19.4. The first-order valence-corrected chi connectivity index (χ1v) is 7.64. The van der Waals surface area contributed by atoms with E-state index >= 15 is 0 Å². The second-order valence-corrected chi connectivity index (χ2v) is 5.57. The lowest BCUT2D eigenvalue weighted by atomic mass is 10.2. The average molecular weight is 389 g/mol. The van der Waals surface area contributed by atoms with E-state index in [0.717, 1.165) is 5.56 Å². The normalized spacial score (nSPS) is 10.4. The lowest BCUT2D eigenvalue weighted by Gasteiger charge is -2.13. The fourth-order valence-corrected chi connectivity index (χ4v) is 2.60. The van der Waals surface area contributed by atoms with Gasteiger partial charge < -0.3 is 9.47 Å². The van der Waals surface area contributed by atoms with Gasteiger partial charge in [0.2, 0.25) is 0 Å². The molecule has 7 heteroatoms. The molecule has 0 aliphatic heterocycles. The summed E-state index contributed by atoms with van der Waals surface area (Å²) in [6, 6.07) is 11.7. The summed E-state index contributed by atoms with van der Waals surface area (Å²) in [7, 11) is 1.51. The molecule has 24 heavy (non-hydrogen) atoms. The Morgan fingerprint density at radius 2 is 2.17 bits per heavy atom. The van der Waals surface area contributed by atoms with Crippen LogP contribution in [0, 0.1) is 21.4 Å². The fourth-order valence-electron chi connectivity index (χ4n) is 2.02. The van der Waals surface area contributed by atoms with Crippen molar-refractivity contribution in [3.63, 3.8) is 0 Å². The number of nitro groups is 1. The van der Waals surface area contributed by atoms with Gasteiger partial charge in [0.25, 0.3) is 5.69 Å². The van der Waals surface area contributed by atoms with E-state index in [1.807, 2.05) is 6.07 Å². The van der Waals surface area contributed by atoms with Crippen LogP contribution in [0.5, 0.6) is 11.5 Å². The Kier molecular flexibility index (Phi) is 5.93. The van der Waals surface area contributed by atoms with Crippen molar-refractivity contribution in [2.75, 3.05) is 7.11 Å². The van der Waals surface area contributed by atoms with Crippen LogP contribution in [0.25, 0.3) is 6.08 Å². The van der Waals surface area contributed by atoms with Crippen LogP contribution in [0.15, 0.2) is 46.9 Å². The van der Waals surface area contributed by atoms with Crippen molar-refractivity contribution in [2.24, 2.45) is 0 Å². The maximum Gasteiger partial charge on any atom is 0.269 e. The van der Waals surface area contributed by atoms with Crippen molar-refractivity contribution in [2.45, 2.75) is 6.61 Å². The number of methoxy groups -OCH3 is 1. The largest absolute Gasteiger partial charge is 0.493 e. The molecule has 2 rings (SSSR count). The monoisotopic (exact) mass is 388 g/mol. The molecule has 0 bridgehead atoms. The van der Waals surface area contributed by atoms with E-state index in [2.05, 4.69) is 15.9 Å². The summed E-state index contributed by atoms with van der Waals surface area (Å²) in [6.07, 6.45) is 3.02. The van der Waals surface area contributed by atoms with E-state index in [4.69, 9.17) is 14.7 Å². The molecule has 0 N–H and O–H groups in total. The van der Waals surface area contributed by atoms with Crippen molar-refractivity contribution >= 4 is 27.7 Å². The summed E-state index contributed by atoms with van der Waals surface area (Å²) in [6.45, 7) is 0.157. The molecule has 122 valence electrons. The number of ether oxygens (including phenoxy) is 2. The van der Waals surface area contributed by atoms with Gasteiger partial charge in [-0.1, -0.05) is 12.1 Å². The van der Waals surface area contributed by atoms with Crippen molar-refractivity contribution in [1.82, 2.24) is 0 Å². The number of non-ortho nitro benzene ring substituents is 1. The number of nitrogens with zero attached hydrogens (tertiary/aromatic N) is 2. The Hall–Kier alpha value is -2.85. The van der Waals surface area contributed by atoms with Crippen molar-refractivity contribution in [1.29, 1.82) is 5.26 Å². The molecule has 2 aromatic carbocycles. The van der Waals surface area contributed by atoms with Crippen molar-refractivity contribution in [3.05, 3.63) is 68.2 Å². The van der Waals surface area contributed by atoms with E-state index in [1.54, 1.807) is 30.3 Å². The van der Waals surface area contributed by atoms with Crippen molar-refractivity contribution < 1.29 is 14.4 Å². The van der Waals surface area contributed by atoms with Crippen LogP contribution >= 0.6 is 15.9 Å². The first kappa shape index (κ1) is 17.5. The third-order valence-corrected chi connectivity index (χ3v) is 3.70. The molecule has 0 saturated heterocycles. The predicted molar refractivity (Wildman–Crippen MR) is 92.8 cm³/mol. The van der Waals surface area contributed by atoms with Gasteiger partial charge in [0.15, 0.2) is 11.5 Å². The van der Waals surface area contributed by atoms with Gasteiger partial charge >= 0.3 is 0 Å². The van der Waals surface area contributed by atoms with Crippen LogP contribution in [0.4, 0.5) is 5.69 Å². The molecular formula is C17H13BrN2O4. The topological polar surface area (TPSA) is 85.4 Å². The molecule has 6 nitrogen and oxygen atoms in total. The minimum atomic E-state index is -0.448. The maximum absolute atomic E-state index is 10.8. The molecule has 0 fully saturated rings. The number of nitro benzene ring substituents is 1. The van der Waals surface area contributed by atoms with Gasteiger partial charge in [-0.2, -0.15) is 5.26 Å². The Morgan fingerprint density at radius 3 is 2.83 bits per heavy atom. The highest BCUT2D eigenvalue weighted by molar-refractivity contribution is 9.10. The zero-order valence-corrected chi connectivity index (χ0v) is 14.3. The van der Waals surface area contributed by atoms with Crippen LogP contribution in [-0.2, 0) is 6.61 Å². The molecule has 0 spiro atoms. The minimum Gasteiger partial charge on any atom is -0.493 e. The zero-order valence-electron chi connectivity index (χ0n) is 12.7. The van der Waals surface area contributed by atoms with Gasteiger partial charge in [-0.3, -0.25) is 10.1 Å². The minimum absolute atomic E-state index is 0.0131. The highest BCUT2D eigenvalue weighted by atomic mass is 79.9. The summed E-state index contributed by atoms with van der Waals surface area (Å²) in [5.41, 5.74) is 1.47. The van der Waals surface area contributed by atoms with Crippen LogP contribution < -0.4 is 9.47 Å². The van der Waals surface area contributed by atoms with Crippen LogP contribution in [0.3, 0.4) is 0 Å². The fraction of sp³-hybridized carbons (Fsp3) is 0.118. The van der Waals surface area contributed by atoms with Crippen LogP contribution in [0.1, 0.15) is 11.1 Å². The average Bonchev–Trinajstić information content (AvgIpc) is 2.58. The highest BCUT2D eigenvalue weighted by Crippen LogP contribution is 2.37. The molecular weight excluding hydrogens is 376 g/mol. The third-order valence-electron chi connectivity index (χ3n) is 3.11. The Balaban J connectivity index is 2.23. The molecule has 2 aromatic rings. The second kappa shape index (κ2) is 8.13. The van der Waals surface area contributed by atoms with Crippen molar-refractivity contribution in [3.8, 4) is 17.6 Å². The Bertz CT molecular complexity index is 828. The second-order valence-electron chi connectivity index (χ2n) is 4.71. The standard InChI is InChI=1S/C17H13BrN2O4/c1-23-16-10-12(5-3-7-19)9-15(18)17(16)24-11-13-4-2-6-14(8-13)20(21)22/h2-6,8-10H,11H2,1H3/b5-3+. The number of hydrogen-bond donors (Lipinski definition) is 0. The number of allylic oxidation sites excluding steroid dienone is 1. The lowest BCUT2D eigenvalue weighted by Crippen LogP contribution is -2.00. The molecule has 0 saturated carbocycles. The van der Waals surface area contributed by atoms with Gasteiger partial charge in [0.1, 0.15) is 6.61 Å². The molecule has 0 unspecified atom stereocenters. The number of nitriles is 1. The molecule has 0 aromatic heterocycles. The molecule has 0 radical (unpaired) electrons. The zero-order chi connectivity index (χ0) is 17.5. The molecule has 0 heterocycles. The highest BCUT2D eigenvalue weighted by Gasteiger charge is 2.12. The quantitative estimate of drug-likeness (QED) is 0.413. The first-order valence-electron chi connectivity index (χ1n) is 6.85. The molecule has 0 aliphatic rings. The Labute approximate surface area is 147 Å². The maximum atomic E-state index is 10.8. The number of halogens is 1. The van der Waals surface area contributed by atoms with E-state index in [1.165, 1.54) is 25.3 Å². The summed E-state index contributed by atoms with van der Waals surface area (Å²) < 4.78 is 11.7. The Morgan fingerprint density at radius 1 is 1.38 bits per heavy atom. The summed E-state index contributed by atoms with van der Waals surface area (Å²) in [4.78, 5) is 10.4. The van der Waals surface area contributed by atoms with E-state index in [-0.39, 0.29) is 12.3 Å². The number of rotatable bonds is 6. The van der Waals surface area contributed by atoms with E-state index in [9.17, 15) is 10.1 Å². The number of hydrogen-bond acceptors (Lipinski definition) is 5.